The van der Waals surface area contributed by atoms with Gasteiger partial charge in [-0.2, -0.15) is 0 Å². The minimum atomic E-state index is -0.686. The fraction of sp³-hybridized carbons (Fsp3) is 0.700. The van der Waals surface area contributed by atoms with Crippen molar-refractivity contribution in [3.8, 4) is 0 Å². The Bertz CT molecular complexity index is 159. The molecule has 0 rings (SSSR count). The van der Waals surface area contributed by atoms with Crippen molar-refractivity contribution in [3.05, 3.63) is 12.2 Å². The highest BCUT2D eigenvalue weighted by Crippen LogP contribution is 2.23. The first-order chi connectivity index (χ1) is 5.54. The highest BCUT2D eigenvalue weighted by atomic mass is 16.3. The first-order valence-electron chi connectivity index (χ1n) is 4.39. The van der Waals surface area contributed by atoms with Gasteiger partial charge < -0.3 is 5.11 Å². The molecular formula is C10H18O2. The van der Waals surface area contributed by atoms with Crippen molar-refractivity contribution in [2.75, 3.05) is 0 Å². The number of allylic oxidation sites excluding steroid dienone is 1. The lowest BCUT2D eigenvalue weighted by molar-refractivity contribution is -0.104. The third kappa shape index (κ3) is 3.67. The van der Waals surface area contributed by atoms with E-state index in [2.05, 4.69) is 0 Å². The Balaban J connectivity index is 4.13. The van der Waals surface area contributed by atoms with Crippen molar-refractivity contribution in [2.24, 2.45) is 5.92 Å². The van der Waals surface area contributed by atoms with Gasteiger partial charge in [0.1, 0.15) is 6.29 Å². The average molecular weight is 170 g/mol. The summed E-state index contributed by atoms with van der Waals surface area (Å²) in [5.41, 5.74) is -0.686. The quantitative estimate of drug-likeness (QED) is 0.505. The van der Waals surface area contributed by atoms with Crippen LogP contribution < -0.4 is 0 Å². The predicted molar refractivity (Wildman–Crippen MR) is 49.9 cm³/mol. The molecule has 0 aliphatic heterocycles. The lowest BCUT2D eigenvalue weighted by atomic mass is 9.86. The minimum absolute atomic E-state index is 0.0302. The predicted octanol–water partition coefficient (Wildman–Crippen LogP) is 1.93. The third-order valence-corrected chi connectivity index (χ3v) is 2.22. The molecule has 0 aliphatic rings. The van der Waals surface area contributed by atoms with Crippen LogP contribution in [0.25, 0.3) is 0 Å². The molecule has 12 heavy (non-hydrogen) atoms. The zero-order valence-corrected chi connectivity index (χ0v) is 8.08. The van der Waals surface area contributed by atoms with E-state index in [0.717, 1.165) is 19.1 Å². The van der Waals surface area contributed by atoms with Crippen LogP contribution in [0.15, 0.2) is 12.2 Å². The van der Waals surface area contributed by atoms with Gasteiger partial charge in [0.15, 0.2) is 0 Å². The van der Waals surface area contributed by atoms with Gasteiger partial charge in [0.05, 0.1) is 5.60 Å². The SMILES string of the molecule is CCCC(C)(O)C(C)C=CC=O. The summed E-state index contributed by atoms with van der Waals surface area (Å²) in [6.07, 6.45) is 5.62. The standard InChI is InChI=1S/C10H18O2/c1-4-7-10(3,12)9(2)6-5-8-11/h5-6,8-9,12H,4,7H2,1-3H3. The minimum Gasteiger partial charge on any atom is -0.390 e. The highest BCUT2D eigenvalue weighted by molar-refractivity contribution is 5.64. The van der Waals surface area contributed by atoms with Crippen molar-refractivity contribution in [1.82, 2.24) is 0 Å². The molecule has 0 aliphatic carbocycles. The van der Waals surface area contributed by atoms with Gasteiger partial charge in [0.2, 0.25) is 0 Å². The molecule has 2 atom stereocenters. The topological polar surface area (TPSA) is 37.3 Å². The number of carbonyl (C=O) groups excluding carboxylic acids is 1. The van der Waals surface area contributed by atoms with E-state index in [9.17, 15) is 9.90 Å². The Morgan fingerprint density at radius 1 is 1.58 bits per heavy atom. The molecule has 0 aromatic heterocycles. The summed E-state index contributed by atoms with van der Waals surface area (Å²) in [5, 5.41) is 9.84. The Morgan fingerprint density at radius 3 is 2.58 bits per heavy atom. The molecule has 1 N–H and O–H groups in total. The average Bonchev–Trinajstić information content (AvgIpc) is 2.00. The summed E-state index contributed by atoms with van der Waals surface area (Å²) < 4.78 is 0. The van der Waals surface area contributed by atoms with Gasteiger partial charge in [-0.1, -0.05) is 26.3 Å². The van der Waals surface area contributed by atoms with Crippen LogP contribution in [0.1, 0.15) is 33.6 Å². The fourth-order valence-corrected chi connectivity index (χ4v) is 1.15. The van der Waals surface area contributed by atoms with Gasteiger partial charge in [-0.25, -0.2) is 0 Å². The first kappa shape index (κ1) is 11.4. The molecule has 2 heteroatoms. The normalized spacial score (nSPS) is 19.0. The molecule has 2 unspecified atom stereocenters. The molecule has 0 amide bonds. The van der Waals surface area contributed by atoms with E-state index >= 15 is 0 Å². The number of hydrogen-bond acceptors (Lipinski definition) is 2. The molecule has 0 aromatic carbocycles. The van der Waals surface area contributed by atoms with Crippen LogP contribution in [0.5, 0.6) is 0 Å². The lowest BCUT2D eigenvalue weighted by Crippen LogP contribution is -2.31. The molecule has 2 nitrogen and oxygen atoms in total. The fourth-order valence-electron chi connectivity index (χ4n) is 1.15. The highest BCUT2D eigenvalue weighted by Gasteiger charge is 2.24. The van der Waals surface area contributed by atoms with Gasteiger partial charge >= 0.3 is 0 Å². The molecular weight excluding hydrogens is 152 g/mol. The maximum atomic E-state index is 10.0. The van der Waals surface area contributed by atoms with Crippen LogP contribution in [0.2, 0.25) is 0 Å². The van der Waals surface area contributed by atoms with Crippen LogP contribution in [0.3, 0.4) is 0 Å². The Kier molecular flexibility index (Phi) is 4.83. The molecule has 70 valence electrons. The Labute approximate surface area is 74.3 Å². The van der Waals surface area contributed by atoms with E-state index in [-0.39, 0.29) is 5.92 Å². The van der Waals surface area contributed by atoms with Crippen molar-refractivity contribution in [1.29, 1.82) is 0 Å². The largest absolute Gasteiger partial charge is 0.390 e. The van der Waals surface area contributed by atoms with Gasteiger partial charge in [-0.05, 0) is 19.4 Å². The van der Waals surface area contributed by atoms with Crippen molar-refractivity contribution < 1.29 is 9.90 Å². The van der Waals surface area contributed by atoms with Crippen molar-refractivity contribution in [3.63, 3.8) is 0 Å². The monoisotopic (exact) mass is 170 g/mol. The molecule has 0 radical (unpaired) electrons. The van der Waals surface area contributed by atoms with E-state index in [1.54, 1.807) is 13.0 Å². The summed E-state index contributed by atoms with van der Waals surface area (Å²) in [7, 11) is 0. The maximum absolute atomic E-state index is 10.0. The first-order valence-corrected chi connectivity index (χ1v) is 4.39. The molecule has 0 bridgehead atoms. The molecule has 0 saturated heterocycles. The summed E-state index contributed by atoms with van der Waals surface area (Å²) in [5.74, 6) is 0.0302. The van der Waals surface area contributed by atoms with Gasteiger partial charge in [-0.3, -0.25) is 4.79 Å². The maximum Gasteiger partial charge on any atom is 0.142 e. The Morgan fingerprint density at radius 2 is 2.17 bits per heavy atom. The van der Waals surface area contributed by atoms with Crippen LogP contribution in [0.4, 0.5) is 0 Å². The number of hydrogen-bond donors (Lipinski definition) is 1. The van der Waals surface area contributed by atoms with E-state index in [1.807, 2.05) is 13.8 Å². The zero-order valence-electron chi connectivity index (χ0n) is 8.08. The van der Waals surface area contributed by atoms with Gasteiger partial charge in [-0.15, -0.1) is 0 Å². The molecule has 0 fully saturated rings. The number of aldehydes is 1. The van der Waals surface area contributed by atoms with E-state index in [0.29, 0.717) is 0 Å². The Hall–Kier alpha value is -0.630. The summed E-state index contributed by atoms with van der Waals surface area (Å²) in [4.78, 5) is 10.0. The van der Waals surface area contributed by atoms with Crippen molar-refractivity contribution in [2.45, 2.75) is 39.2 Å². The van der Waals surface area contributed by atoms with E-state index < -0.39 is 5.60 Å². The van der Waals surface area contributed by atoms with Gasteiger partial charge in [0, 0.05) is 5.92 Å². The lowest BCUT2D eigenvalue weighted by Gasteiger charge is -2.27. The summed E-state index contributed by atoms with van der Waals surface area (Å²) in [6.45, 7) is 5.75. The number of aliphatic hydroxyl groups is 1. The molecule has 0 heterocycles. The van der Waals surface area contributed by atoms with Crippen LogP contribution >= 0.6 is 0 Å². The van der Waals surface area contributed by atoms with Crippen molar-refractivity contribution >= 4 is 6.29 Å². The number of rotatable bonds is 5. The number of carbonyl (C=O) groups is 1. The third-order valence-electron chi connectivity index (χ3n) is 2.22. The second-order valence-corrected chi connectivity index (χ2v) is 3.42. The van der Waals surface area contributed by atoms with Crippen LogP contribution in [-0.2, 0) is 4.79 Å². The van der Waals surface area contributed by atoms with Gasteiger partial charge in [0.25, 0.3) is 0 Å². The van der Waals surface area contributed by atoms with E-state index in [4.69, 9.17) is 0 Å². The summed E-state index contributed by atoms with van der Waals surface area (Å²) >= 11 is 0. The smallest absolute Gasteiger partial charge is 0.142 e. The summed E-state index contributed by atoms with van der Waals surface area (Å²) in [6, 6.07) is 0. The zero-order chi connectivity index (χ0) is 9.61. The van der Waals surface area contributed by atoms with E-state index in [1.165, 1.54) is 6.08 Å². The second-order valence-electron chi connectivity index (χ2n) is 3.42. The second kappa shape index (κ2) is 5.09. The van der Waals surface area contributed by atoms with Crippen LogP contribution in [-0.4, -0.2) is 17.0 Å². The molecule has 0 aromatic rings. The molecule has 0 spiro atoms. The van der Waals surface area contributed by atoms with Crippen LogP contribution in [0, 0.1) is 5.92 Å². The molecule has 0 saturated carbocycles.